The first-order valence-corrected chi connectivity index (χ1v) is 6.49. The number of hydrogen-bond donors (Lipinski definition) is 0. The molecule has 2 aromatic rings. The lowest BCUT2D eigenvalue weighted by atomic mass is 10.00. The Balaban J connectivity index is 1.94. The van der Waals surface area contributed by atoms with Crippen molar-refractivity contribution in [2.75, 3.05) is 11.4 Å². The van der Waals surface area contributed by atoms with E-state index in [1.54, 1.807) is 6.20 Å². The van der Waals surface area contributed by atoms with Crippen LogP contribution in [0.15, 0.2) is 30.5 Å². The molecule has 2 heterocycles. The van der Waals surface area contributed by atoms with Gasteiger partial charge in [0, 0.05) is 13.1 Å². The van der Waals surface area contributed by atoms with E-state index in [0.29, 0.717) is 10.8 Å². The highest BCUT2D eigenvalue weighted by molar-refractivity contribution is 6.33. The molecule has 1 aliphatic heterocycles. The van der Waals surface area contributed by atoms with Crippen molar-refractivity contribution in [2.45, 2.75) is 13.0 Å². The zero-order valence-electron chi connectivity index (χ0n) is 9.61. The van der Waals surface area contributed by atoms with Gasteiger partial charge in [0.1, 0.15) is 5.02 Å². The normalized spacial score (nSPS) is 14.4. The minimum atomic E-state index is 0.230. The number of rotatable bonds is 1. The molecule has 0 bridgehead atoms. The van der Waals surface area contributed by atoms with Gasteiger partial charge in [-0.15, -0.1) is 0 Å². The van der Waals surface area contributed by atoms with Crippen LogP contribution < -0.4 is 4.90 Å². The highest BCUT2D eigenvalue weighted by atomic mass is 35.5. The average molecular weight is 280 g/mol. The van der Waals surface area contributed by atoms with E-state index in [0.717, 1.165) is 19.5 Å². The minimum absolute atomic E-state index is 0.230. The molecule has 0 amide bonds. The van der Waals surface area contributed by atoms with Crippen molar-refractivity contribution in [1.29, 1.82) is 0 Å². The van der Waals surface area contributed by atoms with Crippen LogP contribution in [-0.4, -0.2) is 16.5 Å². The van der Waals surface area contributed by atoms with Gasteiger partial charge in [0.05, 0.1) is 6.20 Å². The fourth-order valence-corrected chi connectivity index (χ4v) is 2.58. The van der Waals surface area contributed by atoms with Gasteiger partial charge in [-0.05, 0) is 29.1 Å². The van der Waals surface area contributed by atoms with Crippen molar-refractivity contribution in [3.8, 4) is 0 Å². The first-order chi connectivity index (χ1) is 8.74. The third kappa shape index (κ3) is 2.16. The molecule has 0 radical (unpaired) electrons. The molecule has 0 saturated carbocycles. The molecule has 1 aromatic carbocycles. The van der Waals surface area contributed by atoms with E-state index < -0.39 is 0 Å². The summed E-state index contributed by atoms with van der Waals surface area (Å²) in [5.41, 5.74) is 2.71. The van der Waals surface area contributed by atoms with E-state index in [1.807, 2.05) is 0 Å². The van der Waals surface area contributed by atoms with Crippen LogP contribution in [0.25, 0.3) is 0 Å². The lowest BCUT2D eigenvalue weighted by molar-refractivity contribution is 0.719. The maximum Gasteiger partial charge on any atom is 0.224 e. The second-order valence-electron chi connectivity index (χ2n) is 4.25. The predicted octanol–water partition coefficient (Wildman–Crippen LogP) is 3.35. The van der Waals surface area contributed by atoms with Crippen LogP contribution in [-0.2, 0) is 13.0 Å². The highest BCUT2D eigenvalue weighted by Crippen LogP contribution is 2.28. The molecular weight excluding hydrogens is 269 g/mol. The summed E-state index contributed by atoms with van der Waals surface area (Å²) in [5.74, 6) is 0.714. The van der Waals surface area contributed by atoms with Gasteiger partial charge in [0.25, 0.3) is 0 Å². The molecule has 18 heavy (non-hydrogen) atoms. The summed E-state index contributed by atoms with van der Waals surface area (Å²) in [6.45, 7) is 1.70. The molecule has 0 fully saturated rings. The quantitative estimate of drug-likeness (QED) is 0.750. The molecule has 3 rings (SSSR count). The largest absolute Gasteiger partial charge is 0.351 e. The second-order valence-corrected chi connectivity index (χ2v) is 5.00. The van der Waals surface area contributed by atoms with Gasteiger partial charge < -0.3 is 4.90 Å². The summed E-state index contributed by atoms with van der Waals surface area (Å²) in [7, 11) is 0. The van der Waals surface area contributed by atoms with Crippen LogP contribution in [0.3, 0.4) is 0 Å². The smallest absolute Gasteiger partial charge is 0.224 e. The predicted molar refractivity (Wildman–Crippen MR) is 73.2 cm³/mol. The summed E-state index contributed by atoms with van der Waals surface area (Å²) >= 11 is 12.0. The number of halogens is 2. The highest BCUT2D eigenvalue weighted by Gasteiger charge is 2.19. The number of nitrogens with zero attached hydrogens (tertiary/aromatic N) is 3. The van der Waals surface area contributed by atoms with Crippen LogP contribution in [0, 0.1) is 0 Å². The van der Waals surface area contributed by atoms with Crippen molar-refractivity contribution in [2.24, 2.45) is 0 Å². The zero-order chi connectivity index (χ0) is 12.5. The molecule has 1 aromatic heterocycles. The van der Waals surface area contributed by atoms with Crippen LogP contribution in [0.5, 0.6) is 0 Å². The molecule has 3 nitrogen and oxygen atoms in total. The summed E-state index contributed by atoms with van der Waals surface area (Å²) in [5, 5.41) is 0.770. The van der Waals surface area contributed by atoms with E-state index >= 15 is 0 Å². The van der Waals surface area contributed by atoms with E-state index in [4.69, 9.17) is 23.2 Å². The van der Waals surface area contributed by atoms with Crippen molar-refractivity contribution in [3.05, 3.63) is 51.9 Å². The van der Waals surface area contributed by atoms with Gasteiger partial charge in [-0.2, -0.15) is 4.98 Å². The van der Waals surface area contributed by atoms with E-state index in [2.05, 4.69) is 39.1 Å². The summed E-state index contributed by atoms with van der Waals surface area (Å²) in [6, 6.07) is 8.43. The maximum absolute atomic E-state index is 6.13. The Kier molecular flexibility index (Phi) is 3.10. The Bertz CT molecular complexity index is 586. The minimum Gasteiger partial charge on any atom is -0.351 e. The Labute approximate surface area is 115 Å². The molecular formula is C13H11Cl2N3. The third-order valence-electron chi connectivity index (χ3n) is 3.13. The van der Waals surface area contributed by atoms with Crippen LogP contribution in [0.4, 0.5) is 5.82 Å². The zero-order valence-corrected chi connectivity index (χ0v) is 11.1. The molecule has 0 atom stereocenters. The Morgan fingerprint density at radius 2 is 1.89 bits per heavy atom. The number of aromatic nitrogens is 2. The lowest BCUT2D eigenvalue weighted by Crippen LogP contribution is -2.31. The van der Waals surface area contributed by atoms with Crippen molar-refractivity contribution in [3.63, 3.8) is 0 Å². The standard InChI is InChI=1S/C13H11Cl2N3/c14-11-7-16-13(15)17-12(11)18-6-5-9-3-1-2-4-10(9)8-18/h1-4,7H,5-6,8H2. The number of benzene rings is 1. The SMILES string of the molecule is Clc1ncc(Cl)c(N2CCc3ccccc3C2)n1. The Morgan fingerprint density at radius 1 is 1.11 bits per heavy atom. The van der Waals surface area contributed by atoms with Gasteiger partial charge >= 0.3 is 0 Å². The number of hydrogen-bond acceptors (Lipinski definition) is 3. The monoisotopic (exact) mass is 279 g/mol. The second kappa shape index (κ2) is 4.75. The number of anilines is 1. The fourth-order valence-electron chi connectivity index (χ4n) is 2.24. The van der Waals surface area contributed by atoms with Crippen LogP contribution in [0.2, 0.25) is 10.3 Å². The molecule has 0 N–H and O–H groups in total. The Hall–Kier alpha value is -1.32. The van der Waals surface area contributed by atoms with Gasteiger partial charge in [-0.3, -0.25) is 0 Å². The van der Waals surface area contributed by atoms with Gasteiger partial charge in [-0.1, -0.05) is 35.9 Å². The third-order valence-corrected chi connectivity index (χ3v) is 3.58. The van der Waals surface area contributed by atoms with Gasteiger partial charge in [0.2, 0.25) is 5.28 Å². The lowest BCUT2D eigenvalue weighted by Gasteiger charge is -2.30. The first-order valence-electron chi connectivity index (χ1n) is 5.74. The van der Waals surface area contributed by atoms with Crippen molar-refractivity contribution in [1.82, 2.24) is 9.97 Å². The first kappa shape index (κ1) is 11.8. The van der Waals surface area contributed by atoms with Crippen LogP contribution >= 0.6 is 23.2 Å². The summed E-state index contributed by atoms with van der Waals surface area (Å²) < 4.78 is 0. The topological polar surface area (TPSA) is 29.0 Å². The van der Waals surface area contributed by atoms with Crippen molar-refractivity contribution < 1.29 is 0 Å². The van der Waals surface area contributed by atoms with E-state index in [1.165, 1.54) is 11.1 Å². The van der Waals surface area contributed by atoms with Crippen LogP contribution in [0.1, 0.15) is 11.1 Å². The van der Waals surface area contributed by atoms with Crippen molar-refractivity contribution >= 4 is 29.0 Å². The fraction of sp³-hybridized carbons (Fsp3) is 0.231. The average Bonchev–Trinajstić information content (AvgIpc) is 2.41. The number of fused-ring (bicyclic) bond motifs is 1. The molecule has 92 valence electrons. The van der Waals surface area contributed by atoms with E-state index in [-0.39, 0.29) is 5.28 Å². The van der Waals surface area contributed by atoms with Gasteiger partial charge in [0.15, 0.2) is 5.82 Å². The molecule has 0 saturated heterocycles. The molecule has 0 spiro atoms. The summed E-state index contributed by atoms with van der Waals surface area (Å²) in [6.07, 6.45) is 2.54. The molecule has 1 aliphatic rings. The Morgan fingerprint density at radius 3 is 2.72 bits per heavy atom. The molecule has 5 heteroatoms. The summed E-state index contributed by atoms with van der Waals surface area (Å²) in [4.78, 5) is 10.2. The van der Waals surface area contributed by atoms with E-state index in [9.17, 15) is 0 Å². The van der Waals surface area contributed by atoms with Gasteiger partial charge in [-0.25, -0.2) is 4.98 Å². The maximum atomic E-state index is 6.13. The molecule has 0 unspecified atom stereocenters. The molecule has 0 aliphatic carbocycles.